The first-order chi connectivity index (χ1) is 12.8. The lowest BCUT2D eigenvalue weighted by Crippen LogP contribution is -2.54. The van der Waals surface area contributed by atoms with Crippen LogP contribution in [-0.4, -0.2) is 42.5 Å². The Morgan fingerprint density at radius 1 is 0.808 bits per heavy atom. The molecule has 1 amide bonds. The molecule has 2 fully saturated rings. The summed E-state index contributed by atoms with van der Waals surface area (Å²) in [6, 6.07) is 21.6. The zero-order valence-corrected chi connectivity index (χ0v) is 15.2. The van der Waals surface area contributed by atoms with Crippen molar-refractivity contribution in [3.63, 3.8) is 0 Å². The van der Waals surface area contributed by atoms with Crippen LogP contribution in [0.1, 0.15) is 25.7 Å². The van der Waals surface area contributed by atoms with Crippen LogP contribution in [0.25, 0.3) is 0 Å². The van der Waals surface area contributed by atoms with E-state index in [1.165, 1.54) is 31.4 Å². The monoisotopic (exact) mass is 349 g/mol. The number of amides is 1. The summed E-state index contributed by atoms with van der Waals surface area (Å²) >= 11 is 0. The van der Waals surface area contributed by atoms with E-state index in [0.29, 0.717) is 18.6 Å². The molecule has 4 rings (SSSR count). The highest BCUT2D eigenvalue weighted by Gasteiger charge is 2.32. The van der Waals surface area contributed by atoms with Crippen molar-refractivity contribution in [2.24, 2.45) is 0 Å². The van der Waals surface area contributed by atoms with E-state index in [4.69, 9.17) is 0 Å². The number of benzene rings is 2. The number of para-hydroxylation sites is 2. The Hall–Kier alpha value is -2.33. The van der Waals surface area contributed by atoms with Crippen LogP contribution in [0.15, 0.2) is 60.7 Å². The summed E-state index contributed by atoms with van der Waals surface area (Å²) in [6.45, 7) is 2.32. The third kappa shape index (κ3) is 3.91. The molecule has 1 saturated carbocycles. The van der Waals surface area contributed by atoms with Gasteiger partial charge in [-0.05, 0) is 49.9 Å². The van der Waals surface area contributed by atoms with Gasteiger partial charge in [0.2, 0.25) is 5.91 Å². The van der Waals surface area contributed by atoms with Gasteiger partial charge in [0.25, 0.3) is 0 Å². The van der Waals surface area contributed by atoms with Crippen molar-refractivity contribution in [1.29, 1.82) is 0 Å². The summed E-state index contributed by atoms with van der Waals surface area (Å²) in [4.78, 5) is 17.0. The molecule has 4 nitrogen and oxygen atoms in total. The lowest BCUT2D eigenvalue weighted by Gasteiger charge is -2.41. The van der Waals surface area contributed by atoms with Gasteiger partial charge in [0.05, 0.1) is 6.54 Å². The van der Waals surface area contributed by atoms with Crippen LogP contribution in [0, 0.1) is 0 Å². The molecule has 1 N–H and O–H groups in total. The summed E-state index contributed by atoms with van der Waals surface area (Å²) in [5, 5.41) is 3.65. The second-order valence-electron chi connectivity index (χ2n) is 7.37. The van der Waals surface area contributed by atoms with Crippen LogP contribution in [0.5, 0.6) is 0 Å². The lowest BCUT2D eigenvalue weighted by molar-refractivity contribution is -0.122. The molecule has 26 heavy (non-hydrogen) atoms. The molecule has 0 radical (unpaired) electrons. The van der Waals surface area contributed by atoms with Gasteiger partial charge in [0.1, 0.15) is 0 Å². The molecular formula is C22H27N3O. The van der Waals surface area contributed by atoms with E-state index >= 15 is 0 Å². The Morgan fingerprint density at radius 2 is 1.46 bits per heavy atom. The highest BCUT2D eigenvalue weighted by Crippen LogP contribution is 2.27. The Labute approximate surface area is 155 Å². The summed E-state index contributed by atoms with van der Waals surface area (Å²) < 4.78 is 0. The van der Waals surface area contributed by atoms with Crippen molar-refractivity contribution >= 4 is 17.3 Å². The fourth-order valence-electron chi connectivity index (χ4n) is 4.24. The smallest absolute Gasteiger partial charge is 0.241 e. The molecule has 4 heteroatoms. The molecule has 1 aliphatic heterocycles. The first kappa shape index (κ1) is 17.1. The quantitative estimate of drug-likeness (QED) is 0.913. The molecule has 136 valence electrons. The van der Waals surface area contributed by atoms with Crippen LogP contribution in [-0.2, 0) is 4.79 Å². The minimum absolute atomic E-state index is 0.229. The average Bonchev–Trinajstić information content (AvgIpc) is 2.70. The van der Waals surface area contributed by atoms with Crippen molar-refractivity contribution in [2.45, 2.75) is 37.8 Å². The molecule has 0 spiro atoms. The Kier molecular flexibility index (Phi) is 5.21. The normalized spacial score (nSPS) is 24.5. The van der Waals surface area contributed by atoms with Gasteiger partial charge in [-0.2, -0.15) is 0 Å². The van der Waals surface area contributed by atoms with E-state index in [1.807, 2.05) is 41.3 Å². The first-order valence-electron chi connectivity index (χ1n) is 9.70. The molecule has 0 aromatic heterocycles. The minimum atomic E-state index is 0.229. The van der Waals surface area contributed by atoms with Crippen LogP contribution in [0.4, 0.5) is 11.4 Å². The van der Waals surface area contributed by atoms with Gasteiger partial charge < -0.3 is 10.2 Å². The average molecular weight is 349 g/mol. The summed E-state index contributed by atoms with van der Waals surface area (Å²) in [5.41, 5.74) is 2.23. The molecule has 1 aliphatic carbocycles. The van der Waals surface area contributed by atoms with Crippen LogP contribution >= 0.6 is 0 Å². The Balaban J connectivity index is 1.28. The van der Waals surface area contributed by atoms with Crippen molar-refractivity contribution < 1.29 is 4.79 Å². The largest absolute Gasteiger partial charge is 0.382 e. The maximum Gasteiger partial charge on any atom is 0.241 e. The number of nitrogens with zero attached hydrogens (tertiary/aromatic N) is 2. The van der Waals surface area contributed by atoms with Gasteiger partial charge in [0.15, 0.2) is 0 Å². The topological polar surface area (TPSA) is 35.6 Å². The second kappa shape index (κ2) is 7.92. The molecule has 2 aromatic rings. The van der Waals surface area contributed by atoms with Crippen LogP contribution in [0.2, 0.25) is 0 Å². The molecule has 1 heterocycles. The molecular weight excluding hydrogens is 322 g/mol. The number of hydrogen-bond donors (Lipinski definition) is 1. The maximum absolute atomic E-state index is 12.6. The minimum Gasteiger partial charge on any atom is -0.382 e. The summed E-state index contributed by atoms with van der Waals surface area (Å²) in [6.07, 6.45) is 4.69. The highest BCUT2D eigenvalue weighted by molar-refractivity contribution is 5.95. The molecule has 0 unspecified atom stereocenters. The number of piperazine rings is 1. The molecule has 2 aliphatic rings. The van der Waals surface area contributed by atoms with Crippen LogP contribution in [0.3, 0.4) is 0 Å². The van der Waals surface area contributed by atoms with E-state index in [9.17, 15) is 4.79 Å². The van der Waals surface area contributed by atoms with E-state index in [-0.39, 0.29) is 5.91 Å². The van der Waals surface area contributed by atoms with Gasteiger partial charge in [-0.1, -0.05) is 36.4 Å². The number of nitrogens with one attached hydrogen (secondary N) is 1. The van der Waals surface area contributed by atoms with Crippen molar-refractivity contribution in [1.82, 2.24) is 4.90 Å². The predicted molar refractivity (Wildman–Crippen MR) is 106 cm³/mol. The highest BCUT2D eigenvalue weighted by atomic mass is 16.2. The van der Waals surface area contributed by atoms with Gasteiger partial charge in [0, 0.05) is 36.5 Å². The maximum atomic E-state index is 12.6. The number of hydrogen-bond acceptors (Lipinski definition) is 3. The standard InChI is InChI=1S/C22H27N3O/c26-22-17-24(15-16-25(22)21-9-5-2-6-10-21)20-13-11-19(12-14-20)23-18-7-3-1-4-8-18/h1-10,19-20,23H,11-17H2. The molecule has 1 saturated heterocycles. The summed E-state index contributed by atoms with van der Waals surface area (Å²) in [5.74, 6) is 0.229. The zero-order valence-electron chi connectivity index (χ0n) is 15.2. The number of carbonyl (C=O) groups is 1. The van der Waals surface area contributed by atoms with Gasteiger partial charge in [-0.15, -0.1) is 0 Å². The third-order valence-corrected chi connectivity index (χ3v) is 5.68. The molecule has 0 atom stereocenters. The van der Waals surface area contributed by atoms with Gasteiger partial charge in [-0.3, -0.25) is 9.69 Å². The Bertz CT molecular complexity index is 711. The van der Waals surface area contributed by atoms with E-state index in [2.05, 4.69) is 34.5 Å². The first-order valence-corrected chi connectivity index (χ1v) is 9.70. The SMILES string of the molecule is O=C1CN(C2CCC(Nc3ccccc3)CC2)CCN1c1ccccc1. The number of anilines is 2. The van der Waals surface area contributed by atoms with Crippen LogP contribution < -0.4 is 10.2 Å². The predicted octanol–water partition coefficient (Wildman–Crippen LogP) is 3.76. The van der Waals surface area contributed by atoms with E-state index < -0.39 is 0 Å². The van der Waals surface area contributed by atoms with Crippen molar-refractivity contribution in [2.75, 3.05) is 29.9 Å². The number of rotatable bonds is 4. The van der Waals surface area contributed by atoms with E-state index in [1.54, 1.807) is 0 Å². The van der Waals surface area contributed by atoms with Gasteiger partial charge in [-0.25, -0.2) is 0 Å². The molecule has 2 aromatic carbocycles. The number of carbonyl (C=O) groups excluding carboxylic acids is 1. The zero-order chi connectivity index (χ0) is 17.8. The fourth-order valence-corrected chi connectivity index (χ4v) is 4.24. The van der Waals surface area contributed by atoms with Gasteiger partial charge >= 0.3 is 0 Å². The summed E-state index contributed by atoms with van der Waals surface area (Å²) in [7, 11) is 0. The fraction of sp³-hybridized carbons (Fsp3) is 0.409. The second-order valence-corrected chi connectivity index (χ2v) is 7.37. The van der Waals surface area contributed by atoms with Crippen molar-refractivity contribution in [3.05, 3.63) is 60.7 Å². The lowest BCUT2D eigenvalue weighted by atomic mass is 9.89. The Morgan fingerprint density at radius 3 is 2.12 bits per heavy atom. The van der Waals surface area contributed by atoms with Crippen molar-refractivity contribution in [3.8, 4) is 0 Å². The van der Waals surface area contributed by atoms with E-state index in [0.717, 1.165) is 18.8 Å². The molecule has 0 bridgehead atoms. The third-order valence-electron chi connectivity index (χ3n) is 5.68.